The van der Waals surface area contributed by atoms with Crippen LogP contribution in [-0.4, -0.2) is 32.1 Å². The van der Waals surface area contributed by atoms with E-state index in [1.165, 1.54) is 22.3 Å². The molecular weight excluding hydrogens is 327 g/mol. The lowest BCUT2D eigenvalue weighted by atomic mass is 9.94. The van der Waals surface area contributed by atoms with Gasteiger partial charge in [0.25, 0.3) is 0 Å². The maximum Gasteiger partial charge on any atom is 0.0582 e. The summed E-state index contributed by atoms with van der Waals surface area (Å²) in [6.45, 7) is 2.06. The van der Waals surface area contributed by atoms with Crippen LogP contribution in [0.1, 0.15) is 28.3 Å². The molecule has 23 heavy (non-hydrogen) atoms. The molecule has 2 aromatic carbocycles. The Labute approximate surface area is 152 Å². The molecule has 0 aromatic heterocycles. The topological polar surface area (TPSA) is 15.3 Å². The molecule has 2 aromatic rings. The number of nitrogens with zero attached hydrogens (tertiary/aromatic N) is 1. The molecule has 0 aliphatic heterocycles. The van der Waals surface area contributed by atoms with Crippen LogP contribution >= 0.6 is 24.8 Å². The average Bonchev–Trinajstić information content (AvgIpc) is 2.65. The Hall–Kier alpha value is -1.06. The summed E-state index contributed by atoms with van der Waals surface area (Å²) in [5.41, 5.74) is 5.86. The van der Waals surface area contributed by atoms with E-state index >= 15 is 0 Å². The van der Waals surface area contributed by atoms with E-state index in [0.717, 1.165) is 25.9 Å². The maximum atomic E-state index is 3.76. The van der Waals surface area contributed by atoms with Crippen molar-refractivity contribution in [2.75, 3.05) is 27.2 Å². The van der Waals surface area contributed by atoms with Crippen LogP contribution < -0.4 is 5.32 Å². The SMILES string of the molecule is CN(C)CCNC1c2ccccc2CCc2ccccc21.Cl.Cl. The number of hydrogen-bond acceptors (Lipinski definition) is 2. The van der Waals surface area contributed by atoms with Gasteiger partial charge in [0.1, 0.15) is 0 Å². The fourth-order valence-electron chi connectivity index (χ4n) is 3.18. The van der Waals surface area contributed by atoms with Crippen LogP contribution in [0.5, 0.6) is 0 Å². The molecule has 1 aliphatic carbocycles. The molecule has 1 aliphatic rings. The molecule has 3 rings (SSSR count). The second kappa shape index (κ2) is 9.29. The first kappa shape index (κ1) is 20.0. The highest BCUT2D eigenvalue weighted by molar-refractivity contribution is 5.85. The number of halogens is 2. The Kier molecular flexibility index (Phi) is 8.07. The third kappa shape index (κ3) is 4.71. The van der Waals surface area contributed by atoms with E-state index in [1.54, 1.807) is 0 Å². The summed E-state index contributed by atoms with van der Waals surface area (Å²) in [6, 6.07) is 18.1. The number of hydrogen-bond donors (Lipinski definition) is 1. The normalized spacial score (nSPS) is 13.3. The molecule has 0 bridgehead atoms. The first-order chi connectivity index (χ1) is 10.3. The molecule has 0 atom stereocenters. The van der Waals surface area contributed by atoms with Crippen molar-refractivity contribution in [2.45, 2.75) is 18.9 Å². The molecule has 0 unspecified atom stereocenters. The van der Waals surface area contributed by atoms with E-state index in [0.29, 0.717) is 6.04 Å². The van der Waals surface area contributed by atoms with Gasteiger partial charge in [0.05, 0.1) is 6.04 Å². The minimum Gasteiger partial charge on any atom is -0.308 e. The van der Waals surface area contributed by atoms with Gasteiger partial charge < -0.3 is 10.2 Å². The second-order valence-electron chi connectivity index (χ2n) is 6.09. The predicted molar refractivity (Wildman–Crippen MR) is 103 cm³/mol. The van der Waals surface area contributed by atoms with E-state index in [4.69, 9.17) is 0 Å². The van der Waals surface area contributed by atoms with Crippen molar-refractivity contribution in [2.24, 2.45) is 0 Å². The summed E-state index contributed by atoms with van der Waals surface area (Å²) in [7, 11) is 4.24. The van der Waals surface area contributed by atoms with Gasteiger partial charge in [-0.05, 0) is 49.2 Å². The number of aryl methyl sites for hydroxylation is 2. The van der Waals surface area contributed by atoms with Crippen molar-refractivity contribution < 1.29 is 0 Å². The molecule has 0 fully saturated rings. The van der Waals surface area contributed by atoms with Crippen LogP contribution in [0.2, 0.25) is 0 Å². The summed E-state index contributed by atoms with van der Waals surface area (Å²) >= 11 is 0. The van der Waals surface area contributed by atoms with Gasteiger partial charge in [-0.1, -0.05) is 48.5 Å². The van der Waals surface area contributed by atoms with Crippen LogP contribution in [0.15, 0.2) is 48.5 Å². The van der Waals surface area contributed by atoms with Crippen LogP contribution in [0.3, 0.4) is 0 Å². The largest absolute Gasteiger partial charge is 0.308 e. The van der Waals surface area contributed by atoms with Crippen LogP contribution in [0, 0.1) is 0 Å². The van der Waals surface area contributed by atoms with Gasteiger partial charge in [0.2, 0.25) is 0 Å². The van der Waals surface area contributed by atoms with Gasteiger partial charge >= 0.3 is 0 Å². The molecule has 0 saturated carbocycles. The van der Waals surface area contributed by atoms with E-state index in [9.17, 15) is 0 Å². The van der Waals surface area contributed by atoms with E-state index in [1.807, 2.05) is 0 Å². The summed E-state index contributed by atoms with van der Waals surface area (Å²) < 4.78 is 0. The standard InChI is InChI=1S/C19H24N2.2ClH/c1-21(2)14-13-20-19-17-9-5-3-7-15(17)11-12-16-8-4-6-10-18(16)19;;/h3-10,19-20H,11-14H2,1-2H3;2*1H. The van der Waals surface area contributed by atoms with E-state index < -0.39 is 0 Å². The fraction of sp³-hybridized carbons (Fsp3) is 0.368. The van der Waals surface area contributed by atoms with E-state index in [2.05, 4.69) is 72.8 Å². The number of rotatable bonds is 4. The van der Waals surface area contributed by atoms with Crippen LogP contribution in [0.25, 0.3) is 0 Å². The highest BCUT2D eigenvalue weighted by atomic mass is 35.5. The van der Waals surface area contributed by atoms with Gasteiger partial charge in [-0.3, -0.25) is 0 Å². The fourth-order valence-corrected chi connectivity index (χ4v) is 3.18. The summed E-state index contributed by atoms with van der Waals surface area (Å²) in [4.78, 5) is 2.22. The van der Waals surface area contributed by atoms with Crippen molar-refractivity contribution in [1.82, 2.24) is 10.2 Å². The molecular formula is C19H26Cl2N2. The molecule has 126 valence electrons. The molecule has 0 amide bonds. The van der Waals surface area contributed by atoms with Gasteiger partial charge in [-0.25, -0.2) is 0 Å². The zero-order chi connectivity index (χ0) is 14.7. The van der Waals surface area contributed by atoms with E-state index in [-0.39, 0.29) is 24.8 Å². The van der Waals surface area contributed by atoms with Crippen molar-refractivity contribution in [3.05, 3.63) is 70.8 Å². The number of likely N-dealkylation sites (N-methyl/N-ethyl adjacent to an activating group) is 1. The summed E-state index contributed by atoms with van der Waals surface area (Å²) in [5.74, 6) is 0. The summed E-state index contributed by atoms with van der Waals surface area (Å²) in [5, 5.41) is 3.76. The minimum absolute atomic E-state index is 0. The van der Waals surface area contributed by atoms with Gasteiger partial charge in [-0.15, -0.1) is 24.8 Å². The Morgan fingerprint density at radius 1 is 0.870 bits per heavy atom. The minimum atomic E-state index is 0. The van der Waals surface area contributed by atoms with Crippen molar-refractivity contribution in [1.29, 1.82) is 0 Å². The van der Waals surface area contributed by atoms with Crippen LogP contribution in [0.4, 0.5) is 0 Å². The third-order valence-electron chi connectivity index (χ3n) is 4.30. The van der Waals surface area contributed by atoms with Crippen LogP contribution in [-0.2, 0) is 12.8 Å². The molecule has 2 nitrogen and oxygen atoms in total. The number of nitrogens with one attached hydrogen (secondary N) is 1. The lowest BCUT2D eigenvalue weighted by molar-refractivity contribution is 0.392. The highest BCUT2D eigenvalue weighted by Gasteiger charge is 2.22. The quantitative estimate of drug-likeness (QED) is 0.898. The lowest BCUT2D eigenvalue weighted by Gasteiger charge is -2.23. The molecule has 0 heterocycles. The first-order valence-corrected chi connectivity index (χ1v) is 7.79. The van der Waals surface area contributed by atoms with Gasteiger partial charge in [0, 0.05) is 13.1 Å². The zero-order valence-electron chi connectivity index (χ0n) is 13.8. The van der Waals surface area contributed by atoms with Crippen molar-refractivity contribution in [3.63, 3.8) is 0 Å². The molecule has 4 heteroatoms. The Morgan fingerprint density at radius 3 is 1.83 bits per heavy atom. The van der Waals surface area contributed by atoms with Crippen molar-refractivity contribution >= 4 is 24.8 Å². The smallest absolute Gasteiger partial charge is 0.0582 e. The third-order valence-corrected chi connectivity index (χ3v) is 4.30. The average molecular weight is 353 g/mol. The first-order valence-electron chi connectivity index (χ1n) is 7.79. The summed E-state index contributed by atoms with van der Waals surface area (Å²) in [6.07, 6.45) is 2.28. The maximum absolute atomic E-state index is 3.76. The lowest BCUT2D eigenvalue weighted by Crippen LogP contribution is -2.30. The highest BCUT2D eigenvalue weighted by Crippen LogP contribution is 2.32. The monoisotopic (exact) mass is 352 g/mol. The van der Waals surface area contributed by atoms with Gasteiger partial charge in [-0.2, -0.15) is 0 Å². The molecule has 0 spiro atoms. The zero-order valence-corrected chi connectivity index (χ0v) is 15.4. The molecule has 0 saturated heterocycles. The molecule has 1 N–H and O–H groups in total. The van der Waals surface area contributed by atoms with Crippen molar-refractivity contribution in [3.8, 4) is 0 Å². The molecule has 0 radical (unpaired) electrons. The number of benzene rings is 2. The Balaban J connectivity index is 0.00000132. The Morgan fingerprint density at radius 2 is 1.35 bits per heavy atom. The number of fused-ring (bicyclic) bond motifs is 2. The Bertz CT molecular complexity index is 566. The predicted octanol–water partition coefficient (Wildman–Crippen LogP) is 3.87. The second-order valence-corrected chi connectivity index (χ2v) is 6.09. The van der Waals surface area contributed by atoms with Gasteiger partial charge in [0.15, 0.2) is 0 Å².